The van der Waals surface area contributed by atoms with Crippen molar-refractivity contribution in [3.05, 3.63) is 68.6 Å². The molecule has 1 fully saturated rings. The van der Waals surface area contributed by atoms with Crippen LogP contribution < -0.4 is 26.4 Å². The van der Waals surface area contributed by atoms with Gasteiger partial charge in [0.2, 0.25) is 0 Å². The van der Waals surface area contributed by atoms with Gasteiger partial charge in [-0.1, -0.05) is 12.1 Å². The summed E-state index contributed by atoms with van der Waals surface area (Å²) < 4.78 is 14.6. The Morgan fingerprint density at radius 1 is 1.03 bits per heavy atom. The summed E-state index contributed by atoms with van der Waals surface area (Å²) in [7, 11) is 3.26. The highest BCUT2D eigenvalue weighted by Gasteiger charge is 2.25. The van der Waals surface area contributed by atoms with Crippen molar-refractivity contribution >= 4 is 5.69 Å². The number of hydrogen-bond donors (Lipinski definition) is 1. The maximum Gasteiger partial charge on any atom is 0.330 e. The third-order valence-electron chi connectivity index (χ3n) is 6.93. The quantitative estimate of drug-likeness (QED) is 0.610. The zero-order valence-corrected chi connectivity index (χ0v) is 20.4. The van der Waals surface area contributed by atoms with Gasteiger partial charge in [-0.05, 0) is 73.4 Å². The standard InChI is InChI=1S/C27H32N4O3/c1-16-11-20(18-5-6-18)12-17(2)26(16)29-25-15-22-21-14-24(34-4)23(33-3)13-19(21)7-9-30(22)27(32)31(25)10-8-28/h11-15,18H,5-10,28H2,1-4H3. The molecular weight excluding hydrogens is 428 g/mol. The van der Waals surface area contributed by atoms with Crippen molar-refractivity contribution in [1.82, 2.24) is 9.13 Å². The number of aryl methyl sites for hydroxylation is 3. The molecule has 0 amide bonds. The lowest BCUT2D eigenvalue weighted by atomic mass is 9.97. The first-order chi connectivity index (χ1) is 16.4. The fourth-order valence-electron chi connectivity index (χ4n) is 5.03. The molecule has 7 heteroatoms. The van der Waals surface area contributed by atoms with Gasteiger partial charge in [-0.15, -0.1) is 0 Å². The van der Waals surface area contributed by atoms with Crippen LogP contribution >= 0.6 is 0 Å². The normalized spacial score (nSPS) is 15.1. The smallest absolute Gasteiger partial charge is 0.330 e. The number of rotatable bonds is 6. The molecule has 34 heavy (non-hydrogen) atoms. The molecule has 0 spiro atoms. The molecule has 1 saturated carbocycles. The van der Waals surface area contributed by atoms with E-state index in [1.54, 1.807) is 18.8 Å². The minimum absolute atomic E-state index is 0.0907. The van der Waals surface area contributed by atoms with Gasteiger partial charge in [0.05, 0.1) is 25.6 Å². The van der Waals surface area contributed by atoms with Gasteiger partial charge >= 0.3 is 5.69 Å². The van der Waals surface area contributed by atoms with Crippen LogP contribution in [0.3, 0.4) is 0 Å². The molecule has 178 valence electrons. The zero-order valence-electron chi connectivity index (χ0n) is 20.4. The van der Waals surface area contributed by atoms with Crippen LogP contribution in [0.15, 0.2) is 40.1 Å². The molecule has 1 aliphatic carbocycles. The monoisotopic (exact) mass is 460 g/mol. The Balaban J connectivity index is 1.74. The molecule has 0 saturated heterocycles. The highest BCUT2D eigenvalue weighted by atomic mass is 16.5. The summed E-state index contributed by atoms with van der Waals surface area (Å²) >= 11 is 0. The third kappa shape index (κ3) is 3.84. The number of aromatic nitrogens is 2. The minimum Gasteiger partial charge on any atom is -0.493 e. The van der Waals surface area contributed by atoms with E-state index < -0.39 is 0 Å². The van der Waals surface area contributed by atoms with Gasteiger partial charge in [0.15, 0.2) is 11.5 Å². The van der Waals surface area contributed by atoms with E-state index in [0.717, 1.165) is 40.1 Å². The molecule has 5 rings (SSSR count). The van der Waals surface area contributed by atoms with Crippen LogP contribution in [-0.2, 0) is 19.5 Å². The lowest BCUT2D eigenvalue weighted by molar-refractivity contribution is 0.354. The second-order valence-electron chi connectivity index (χ2n) is 9.27. The number of hydrogen-bond acceptors (Lipinski definition) is 5. The van der Waals surface area contributed by atoms with Crippen LogP contribution in [0.1, 0.15) is 41.0 Å². The maximum atomic E-state index is 13.6. The van der Waals surface area contributed by atoms with Gasteiger partial charge < -0.3 is 15.2 Å². The average molecular weight is 461 g/mol. The van der Waals surface area contributed by atoms with Crippen LogP contribution in [0.4, 0.5) is 5.69 Å². The van der Waals surface area contributed by atoms with E-state index in [9.17, 15) is 4.79 Å². The van der Waals surface area contributed by atoms with Crippen molar-refractivity contribution in [2.75, 3.05) is 20.8 Å². The summed E-state index contributed by atoms with van der Waals surface area (Å²) in [5, 5.41) is 0. The van der Waals surface area contributed by atoms with E-state index in [4.69, 9.17) is 20.2 Å². The van der Waals surface area contributed by atoms with E-state index in [-0.39, 0.29) is 5.69 Å². The Bertz CT molecular complexity index is 1370. The van der Waals surface area contributed by atoms with Crippen LogP contribution in [-0.4, -0.2) is 29.9 Å². The second kappa shape index (κ2) is 8.80. The average Bonchev–Trinajstić information content (AvgIpc) is 3.68. The van der Waals surface area contributed by atoms with Crippen LogP contribution in [0, 0.1) is 13.8 Å². The Morgan fingerprint density at radius 3 is 2.32 bits per heavy atom. The summed E-state index contributed by atoms with van der Waals surface area (Å²) in [6, 6.07) is 10.5. The van der Waals surface area contributed by atoms with Gasteiger partial charge in [0.25, 0.3) is 0 Å². The molecule has 7 nitrogen and oxygen atoms in total. The maximum absolute atomic E-state index is 13.6. The number of benzene rings is 2. The lowest BCUT2D eigenvalue weighted by Gasteiger charge is -2.24. The minimum atomic E-state index is -0.0907. The Morgan fingerprint density at radius 2 is 1.71 bits per heavy atom. The topological polar surface area (TPSA) is 83.8 Å². The molecule has 0 bridgehead atoms. The predicted octanol–water partition coefficient (Wildman–Crippen LogP) is 3.58. The Hall–Kier alpha value is -3.32. The molecule has 2 aromatic carbocycles. The lowest BCUT2D eigenvalue weighted by Crippen LogP contribution is -2.43. The van der Waals surface area contributed by atoms with Crippen molar-refractivity contribution in [2.45, 2.75) is 52.1 Å². The van der Waals surface area contributed by atoms with E-state index in [1.807, 2.05) is 22.8 Å². The predicted molar refractivity (Wildman–Crippen MR) is 133 cm³/mol. The molecule has 2 N–H and O–H groups in total. The molecule has 1 aromatic heterocycles. The third-order valence-corrected chi connectivity index (χ3v) is 6.93. The van der Waals surface area contributed by atoms with Crippen LogP contribution in [0.2, 0.25) is 0 Å². The molecule has 0 atom stereocenters. The first kappa shape index (κ1) is 22.5. The van der Waals surface area contributed by atoms with Gasteiger partial charge in [0, 0.05) is 31.3 Å². The van der Waals surface area contributed by atoms with E-state index in [1.165, 1.54) is 18.4 Å². The van der Waals surface area contributed by atoms with Crippen molar-refractivity contribution in [2.24, 2.45) is 10.7 Å². The SMILES string of the molecule is COc1cc2c(cc1OC)-c1cc(=Nc3c(C)cc(C4CC4)cc3C)n(CCN)c(=O)n1CC2. The fraction of sp³-hybridized carbons (Fsp3) is 0.407. The van der Waals surface area contributed by atoms with E-state index in [0.29, 0.717) is 42.5 Å². The molecule has 1 aliphatic heterocycles. The number of ether oxygens (including phenoxy) is 2. The number of methoxy groups -OCH3 is 2. The zero-order chi connectivity index (χ0) is 24.0. The van der Waals surface area contributed by atoms with Crippen molar-refractivity contribution < 1.29 is 9.47 Å². The summed E-state index contributed by atoms with van der Waals surface area (Å²) in [6.07, 6.45) is 3.27. The summed E-state index contributed by atoms with van der Waals surface area (Å²) in [6.45, 7) is 5.57. The Kier molecular flexibility index (Phi) is 5.81. The summed E-state index contributed by atoms with van der Waals surface area (Å²) in [5.41, 5.74) is 13.9. The number of fused-ring (bicyclic) bond motifs is 3. The number of nitrogens with zero attached hydrogens (tertiary/aromatic N) is 3. The van der Waals surface area contributed by atoms with Gasteiger partial charge in [-0.3, -0.25) is 9.13 Å². The summed E-state index contributed by atoms with van der Waals surface area (Å²) in [4.78, 5) is 18.6. The van der Waals surface area contributed by atoms with Gasteiger partial charge in [-0.2, -0.15) is 0 Å². The summed E-state index contributed by atoms with van der Waals surface area (Å²) in [5.74, 6) is 2.02. The van der Waals surface area contributed by atoms with Gasteiger partial charge in [0.1, 0.15) is 5.49 Å². The van der Waals surface area contributed by atoms with Crippen LogP contribution in [0.5, 0.6) is 11.5 Å². The van der Waals surface area contributed by atoms with Gasteiger partial charge in [-0.25, -0.2) is 9.79 Å². The second-order valence-corrected chi connectivity index (χ2v) is 9.27. The highest BCUT2D eigenvalue weighted by molar-refractivity contribution is 5.70. The van der Waals surface area contributed by atoms with E-state index in [2.05, 4.69) is 26.0 Å². The fourth-order valence-corrected chi connectivity index (χ4v) is 5.03. The molecule has 2 aliphatic rings. The number of nitrogens with two attached hydrogens (primary N) is 1. The van der Waals surface area contributed by atoms with Crippen molar-refractivity contribution in [1.29, 1.82) is 0 Å². The molecular formula is C27H32N4O3. The van der Waals surface area contributed by atoms with Crippen LogP contribution in [0.25, 0.3) is 11.3 Å². The highest BCUT2D eigenvalue weighted by Crippen LogP contribution is 2.42. The first-order valence-corrected chi connectivity index (χ1v) is 11.9. The van der Waals surface area contributed by atoms with E-state index >= 15 is 0 Å². The molecule has 0 radical (unpaired) electrons. The van der Waals surface area contributed by atoms with Crippen molar-refractivity contribution in [3.8, 4) is 22.8 Å². The molecule has 3 aromatic rings. The molecule has 0 unspecified atom stereocenters. The van der Waals surface area contributed by atoms with Crippen molar-refractivity contribution in [3.63, 3.8) is 0 Å². The molecule has 2 heterocycles. The Labute approximate surface area is 199 Å². The largest absolute Gasteiger partial charge is 0.493 e. The first-order valence-electron chi connectivity index (χ1n) is 11.9.